The first-order valence-corrected chi connectivity index (χ1v) is 7.31. The molecule has 0 spiro atoms. The molecule has 1 fully saturated rings. The number of aromatic amines is 1. The average molecular weight is 322 g/mol. The fourth-order valence-corrected chi connectivity index (χ4v) is 3.21. The Kier molecular flexibility index (Phi) is 3.56. The van der Waals surface area contributed by atoms with Gasteiger partial charge in [-0.05, 0) is 30.6 Å². The molecule has 1 N–H and O–H groups in total. The Bertz CT molecular complexity index is 779. The standard InChI is InChI=1S/C14H15FN4O2S/c1-18-12(16-17-13(18)22)8-14(6-10(15)7-14)9-3-2-4-11(5-9)19(20)21/h2-5,10H,6-8H2,1H3,(H,17,22). The molecular formula is C14H15FN4O2S. The third-order valence-corrected chi connectivity index (χ3v) is 4.73. The van der Waals surface area contributed by atoms with Gasteiger partial charge >= 0.3 is 0 Å². The highest BCUT2D eigenvalue weighted by Gasteiger charge is 2.47. The summed E-state index contributed by atoms with van der Waals surface area (Å²) in [5.74, 6) is 0.725. The molecule has 3 rings (SSSR count). The number of aromatic nitrogens is 3. The molecule has 1 aliphatic carbocycles. The van der Waals surface area contributed by atoms with Crippen LogP contribution in [0.3, 0.4) is 0 Å². The molecule has 0 aliphatic heterocycles. The van der Waals surface area contributed by atoms with E-state index in [9.17, 15) is 14.5 Å². The second-order valence-corrected chi connectivity index (χ2v) is 6.16. The minimum absolute atomic E-state index is 0.0227. The molecule has 1 saturated carbocycles. The van der Waals surface area contributed by atoms with Crippen molar-refractivity contribution >= 4 is 17.9 Å². The van der Waals surface area contributed by atoms with Gasteiger partial charge in [0.25, 0.3) is 5.69 Å². The largest absolute Gasteiger partial charge is 0.307 e. The van der Waals surface area contributed by atoms with Gasteiger partial charge < -0.3 is 4.57 Å². The van der Waals surface area contributed by atoms with Gasteiger partial charge in [0.15, 0.2) is 4.77 Å². The van der Waals surface area contributed by atoms with Gasteiger partial charge in [-0.3, -0.25) is 15.2 Å². The average Bonchev–Trinajstić information content (AvgIpc) is 2.77. The summed E-state index contributed by atoms with van der Waals surface area (Å²) in [6.07, 6.45) is 0.297. The quantitative estimate of drug-likeness (QED) is 0.533. The van der Waals surface area contributed by atoms with E-state index in [0.717, 1.165) is 11.4 Å². The number of hydrogen-bond donors (Lipinski definition) is 1. The Labute approximate surface area is 131 Å². The first kappa shape index (κ1) is 14.8. The molecular weight excluding hydrogens is 307 g/mol. The summed E-state index contributed by atoms with van der Waals surface area (Å²) in [5.41, 5.74) is 0.347. The first-order valence-electron chi connectivity index (χ1n) is 6.90. The van der Waals surface area contributed by atoms with E-state index in [1.165, 1.54) is 12.1 Å². The SMILES string of the molecule is Cn1c(CC2(c3cccc([N+](=O)[O-])c3)CC(F)C2)n[nH]c1=S. The Balaban J connectivity index is 1.98. The van der Waals surface area contributed by atoms with Crippen molar-refractivity contribution in [2.75, 3.05) is 0 Å². The van der Waals surface area contributed by atoms with E-state index in [0.29, 0.717) is 24.0 Å². The summed E-state index contributed by atoms with van der Waals surface area (Å²) < 4.78 is 15.8. The van der Waals surface area contributed by atoms with Crippen molar-refractivity contribution in [3.63, 3.8) is 0 Å². The molecule has 0 saturated heterocycles. The molecule has 22 heavy (non-hydrogen) atoms. The van der Waals surface area contributed by atoms with Gasteiger partial charge in [0, 0.05) is 31.0 Å². The Morgan fingerprint density at radius 1 is 1.59 bits per heavy atom. The molecule has 1 aromatic carbocycles. The third kappa shape index (κ3) is 2.43. The number of nitrogens with one attached hydrogen (secondary N) is 1. The number of nitro groups is 1. The first-order chi connectivity index (χ1) is 10.4. The van der Waals surface area contributed by atoms with Crippen LogP contribution in [0.5, 0.6) is 0 Å². The molecule has 0 radical (unpaired) electrons. The van der Waals surface area contributed by atoms with Crippen LogP contribution in [0.15, 0.2) is 24.3 Å². The molecule has 2 aromatic rings. The van der Waals surface area contributed by atoms with Gasteiger partial charge in [0.2, 0.25) is 0 Å². The van der Waals surface area contributed by atoms with Crippen molar-refractivity contribution in [2.45, 2.75) is 30.8 Å². The van der Waals surface area contributed by atoms with Crippen LogP contribution in [-0.4, -0.2) is 25.9 Å². The van der Waals surface area contributed by atoms with E-state index in [1.54, 1.807) is 17.7 Å². The van der Waals surface area contributed by atoms with Crippen LogP contribution in [-0.2, 0) is 18.9 Å². The highest BCUT2D eigenvalue weighted by atomic mass is 32.1. The van der Waals surface area contributed by atoms with Crippen LogP contribution in [0.1, 0.15) is 24.2 Å². The summed E-state index contributed by atoms with van der Waals surface area (Å²) in [6.45, 7) is 0. The zero-order valence-corrected chi connectivity index (χ0v) is 12.8. The summed E-state index contributed by atoms with van der Waals surface area (Å²) in [4.78, 5) is 10.5. The van der Waals surface area contributed by atoms with Crippen LogP contribution in [0, 0.1) is 14.9 Å². The Hall–Kier alpha value is -2.09. The van der Waals surface area contributed by atoms with Crippen molar-refractivity contribution in [3.05, 3.63) is 50.5 Å². The topological polar surface area (TPSA) is 76.8 Å². The number of nitro benzene ring substituents is 1. The maximum Gasteiger partial charge on any atom is 0.269 e. The predicted molar refractivity (Wildman–Crippen MR) is 81.0 cm³/mol. The minimum Gasteiger partial charge on any atom is -0.307 e. The number of H-pyrrole nitrogens is 1. The highest BCUT2D eigenvalue weighted by Crippen LogP contribution is 2.48. The molecule has 8 heteroatoms. The molecule has 0 unspecified atom stereocenters. The van der Waals surface area contributed by atoms with Crippen LogP contribution >= 0.6 is 12.2 Å². The second-order valence-electron chi connectivity index (χ2n) is 5.77. The lowest BCUT2D eigenvalue weighted by atomic mass is 9.61. The van der Waals surface area contributed by atoms with E-state index >= 15 is 0 Å². The second kappa shape index (κ2) is 5.28. The maximum atomic E-state index is 13.6. The summed E-state index contributed by atoms with van der Waals surface area (Å²) in [6, 6.07) is 6.44. The molecule has 0 bridgehead atoms. The molecule has 1 aliphatic rings. The fraction of sp³-hybridized carbons (Fsp3) is 0.429. The number of nitrogens with zero attached hydrogens (tertiary/aromatic N) is 3. The molecule has 0 amide bonds. The van der Waals surface area contributed by atoms with Gasteiger partial charge in [-0.25, -0.2) is 4.39 Å². The van der Waals surface area contributed by atoms with Gasteiger partial charge in [-0.15, -0.1) is 0 Å². The fourth-order valence-electron chi connectivity index (χ4n) is 3.06. The van der Waals surface area contributed by atoms with Crippen molar-refractivity contribution < 1.29 is 9.31 Å². The van der Waals surface area contributed by atoms with Gasteiger partial charge in [0.05, 0.1) is 4.92 Å². The molecule has 116 valence electrons. The van der Waals surface area contributed by atoms with Crippen LogP contribution in [0.2, 0.25) is 0 Å². The van der Waals surface area contributed by atoms with Crippen molar-refractivity contribution in [2.24, 2.45) is 7.05 Å². The van der Waals surface area contributed by atoms with Crippen LogP contribution < -0.4 is 0 Å². The van der Waals surface area contributed by atoms with E-state index in [1.807, 2.05) is 6.07 Å². The van der Waals surface area contributed by atoms with E-state index in [2.05, 4.69) is 10.2 Å². The van der Waals surface area contributed by atoms with Gasteiger partial charge in [-0.1, -0.05) is 12.1 Å². The highest BCUT2D eigenvalue weighted by molar-refractivity contribution is 7.71. The normalized spacial score (nSPS) is 24.0. The molecule has 1 heterocycles. The maximum absolute atomic E-state index is 13.6. The van der Waals surface area contributed by atoms with Crippen LogP contribution in [0.4, 0.5) is 10.1 Å². The van der Waals surface area contributed by atoms with Crippen LogP contribution in [0.25, 0.3) is 0 Å². The third-order valence-electron chi connectivity index (χ3n) is 4.36. The monoisotopic (exact) mass is 322 g/mol. The van der Waals surface area contributed by atoms with E-state index in [-0.39, 0.29) is 5.69 Å². The minimum atomic E-state index is -0.883. The van der Waals surface area contributed by atoms with Crippen molar-refractivity contribution in [1.82, 2.24) is 14.8 Å². The number of alkyl halides is 1. The number of hydrogen-bond acceptors (Lipinski definition) is 4. The number of halogens is 1. The number of rotatable bonds is 4. The predicted octanol–water partition coefficient (Wildman–Crippen LogP) is 3.00. The Morgan fingerprint density at radius 3 is 2.86 bits per heavy atom. The number of benzene rings is 1. The summed E-state index contributed by atoms with van der Waals surface area (Å²) in [5, 5.41) is 17.9. The number of non-ortho nitro benzene ring substituents is 1. The van der Waals surface area contributed by atoms with Crippen molar-refractivity contribution in [3.8, 4) is 0 Å². The smallest absolute Gasteiger partial charge is 0.269 e. The Morgan fingerprint density at radius 2 is 2.32 bits per heavy atom. The summed E-state index contributed by atoms with van der Waals surface area (Å²) in [7, 11) is 1.80. The van der Waals surface area contributed by atoms with Crippen molar-refractivity contribution in [1.29, 1.82) is 0 Å². The van der Waals surface area contributed by atoms with Gasteiger partial charge in [-0.2, -0.15) is 5.10 Å². The zero-order valence-electron chi connectivity index (χ0n) is 12.0. The lowest BCUT2D eigenvalue weighted by Crippen LogP contribution is -2.45. The van der Waals surface area contributed by atoms with E-state index < -0.39 is 16.5 Å². The molecule has 0 atom stereocenters. The molecule has 6 nitrogen and oxygen atoms in total. The lowest BCUT2D eigenvalue weighted by Gasteiger charge is -2.44. The zero-order chi connectivity index (χ0) is 15.9. The van der Waals surface area contributed by atoms with Gasteiger partial charge in [0.1, 0.15) is 12.0 Å². The summed E-state index contributed by atoms with van der Waals surface area (Å²) >= 11 is 5.09. The lowest BCUT2D eigenvalue weighted by molar-refractivity contribution is -0.385. The molecule has 1 aromatic heterocycles. The van der Waals surface area contributed by atoms with E-state index in [4.69, 9.17) is 12.2 Å².